The Morgan fingerprint density at radius 3 is 2.52 bits per heavy atom. The van der Waals surface area contributed by atoms with Crippen molar-refractivity contribution in [1.29, 1.82) is 0 Å². The van der Waals surface area contributed by atoms with Crippen molar-refractivity contribution in [3.63, 3.8) is 0 Å². The number of halogens is 1. The molecule has 1 atom stereocenters. The Morgan fingerprint density at radius 1 is 0.976 bits per heavy atom. The Bertz CT molecular complexity index is 1760. The van der Waals surface area contributed by atoms with Crippen molar-refractivity contribution in [2.24, 2.45) is 5.92 Å². The van der Waals surface area contributed by atoms with Crippen LogP contribution < -0.4 is 5.32 Å². The highest BCUT2D eigenvalue weighted by Crippen LogP contribution is 2.29. The van der Waals surface area contributed by atoms with Crippen molar-refractivity contribution in [1.82, 2.24) is 14.9 Å². The predicted molar refractivity (Wildman–Crippen MR) is 165 cm³/mol. The molecular weight excluding hydrogens is 550 g/mol. The van der Waals surface area contributed by atoms with E-state index in [1.807, 2.05) is 66.7 Å². The summed E-state index contributed by atoms with van der Waals surface area (Å²) in [5, 5.41) is 14.0. The number of hydrogen-bond acceptors (Lipinski definition) is 4. The van der Waals surface area contributed by atoms with Crippen LogP contribution in [0.2, 0.25) is 5.02 Å². The lowest BCUT2D eigenvalue weighted by Crippen LogP contribution is -2.26. The average Bonchev–Trinajstić information content (AvgIpc) is 3.34. The van der Waals surface area contributed by atoms with E-state index in [-0.39, 0.29) is 30.6 Å². The summed E-state index contributed by atoms with van der Waals surface area (Å²) < 4.78 is 2.07. The third kappa shape index (κ3) is 6.52. The summed E-state index contributed by atoms with van der Waals surface area (Å²) in [7, 11) is 0. The van der Waals surface area contributed by atoms with Crippen molar-refractivity contribution >= 4 is 51.1 Å². The van der Waals surface area contributed by atoms with Gasteiger partial charge < -0.3 is 15.0 Å². The lowest BCUT2D eigenvalue weighted by atomic mass is 9.89. The maximum Gasteiger partial charge on any atom is 0.305 e. The van der Waals surface area contributed by atoms with Crippen LogP contribution in [0, 0.1) is 5.92 Å². The number of Topliss-reactive ketones (excluding diaryl/α,β-unsaturated/α-hetero) is 1. The topological polar surface area (TPSA) is 101 Å². The number of rotatable bonds is 12. The molecule has 0 aliphatic carbocycles. The van der Waals surface area contributed by atoms with Crippen LogP contribution in [-0.2, 0) is 17.8 Å². The van der Waals surface area contributed by atoms with E-state index in [1.165, 1.54) is 0 Å². The molecule has 42 heavy (non-hydrogen) atoms. The minimum atomic E-state index is -0.965. The maximum absolute atomic E-state index is 14.2. The number of aliphatic carboxylic acids is 1. The van der Waals surface area contributed by atoms with E-state index >= 15 is 0 Å². The number of pyridine rings is 1. The molecule has 1 amide bonds. The standard InChI is InChI=1S/C34H32ClN3O4/c1-2-5-25(18-22-9-11-24(12-10-22)34(42)37-17-15-31(39)40)33(41)30-20-27-19-28(35)13-14-29(27)38(30)21-26-7-3-6-23-8-4-16-36-32(23)26/h3-4,6-14,16,19-20,25H,2,5,15,17-18,21H2,1H3,(H,37,42)(H,39,40). The molecule has 0 spiro atoms. The Balaban J connectivity index is 1.43. The van der Waals surface area contributed by atoms with Crippen LogP contribution in [-0.4, -0.2) is 38.9 Å². The van der Waals surface area contributed by atoms with Gasteiger partial charge in [0, 0.05) is 45.5 Å². The highest BCUT2D eigenvalue weighted by molar-refractivity contribution is 6.31. The van der Waals surface area contributed by atoms with Crippen LogP contribution in [0.15, 0.2) is 85.1 Å². The first-order valence-electron chi connectivity index (χ1n) is 14.1. The third-order valence-corrected chi connectivity index (χ3v) is 7.73. The third-order valence-electron chi connectivity index (χ3n) is 7.49. The van der Waals surface area contributed by atoms with Crippen molar-refractivity contribution < 1.29 is 19.5 Å². The summed E-state index contributed by atoms with van der Waals surface area (Å²) in [6.45, 7) is 2.63. The second-order valence-electron chi connectivity index (χ2n) is 10.5. The van der Waals surface area contributed by atoms with Gasteiger partial charge in [0.05, 0.1) is 24.2 Å². The first-order chi connectivity index (χ1) is 20.3. The molecule has 2 aromatic heterocycles. The predicted octanol–water partition coefficient (Wildman–Crippen LogP) is 6.94. The van der Waals surface area contributed by atoms with E-state index in [4.69, 9.17) is 16.7 Å². The van der Waals surface area contributed by atoms with Crippen molar-refractivity contribution in [2.75, 3.05) is 6.54 Å². The van der Waals surface area contributed by atoms with Gasteiger partial charge >= 0.3 is 5.97 Å². The molecule has 0 aliphatic heterocycles. The van der Waals surface area contributed by atoms with Gasteiger partial charge in [0.2, 0.25) is 0 Å². The number of para-hydroxylation sites is 1. The van der Waals surface area contributed by atoms with Crippen LogP contribution in [0.25, 0.3) is 21.8 Å². The van der Waals surface area contributed by atoms with E-state index in [1.54, 1.807) is 18.3 Å². The summed E-state index contributed by atoms with van der Waals surface area (Å²) in [6, 6.07) is 24.8. The van der Waals surface area contributed by atoms with Gasteiger partial charge in [-0.05, 0) is 66.4 Å². The molecule has 3 aromatic carbocycles. The summed E-state index contributed by atoms with van der Waals surface area (Å²) in [5.74, 6) is -1.48. The zero-order chi connectivity index (χ0) is 29.6. The van der Waals surface area contributed by atoms with Gasteiger partial charge in [0.1, 0.15) is 0 Å². The average molecular weight is 582 g/mol. The van der Waals surface area contributed by atoms with E-state index in [9.17, 15) is 14.4 Å². The summed E-state index contributed by atoms with van der Waals surface area (Å²) >= 11 is 6.34. The molecule has 8 heteroatoms. The molecule has 0 bridgehead atoms. The van der Waals surface area contributed by atoms with Crippen molar-refractivity contribution in [3.8, 4) is 0 Å². The van der Waals surface area contributed by atoms with Crippen LogP contribution in [0.1, 0.15) is 58.2 Å². The number of carboxylic acids is 1. The van der Waals surface area contributed by atoms with Gasteiger partial charge in [-0.25, -0.2) is 0 Å². The normalized spacial score (nSPS) is 12.0. The fourth-order valence-corrected chi connectivity index (χ4v) is 5.61. The van der Waals surface area contributed by atoms with E-state index < -0.39 is 5.97 Å². The first kappa shape index (κ1) is 29.0. The lowest BCUT2D eigenvalue weighted by molar-refractivity contribution is -0.136. The van der Waals surface area contributed by atoms with Gasteiger partial charge in [-0.1, -0.05) is 61.3 Å². The van der Waals surface area contributed by atoms with Crippen LogP contribution in [0.3, 0.4) is 0 Å². The molecule has 0 saturated carbocycles. The molecule has 214 valence electrons. The van der Waals surface area contributed by atoms with Gasteiger partial charge in [-0.3, -0.25) is 19.4 Å². The van der Waals surface area contributed by atoms with Crippen molar-refractivity contribution in [3.05, 3.63) is 112 Å². The molecule has 5 rings (SSSR count). The van der Waals surface area contributed by atoms with Gasteiger partial charge in [0.15, 0.2) is 5.78 Å². The minimum Gasteiger partial charge on any atom is -0.481 e. The Kier molecular flexibility index (Phi) is 8.98. The highest BCUT2D eigenvalue weighted by atomic mass is 35.5. The number of carboxylic acid groups (broad SMARTS) is 1. The monoisotopic (exact) mass is 581 g/mol. The molecule has 0 radical (unpaired) electrons. The summed E-state index contributed by atoms with van der Waals surface area (Å²) in [6.07, 6.45) is 3.75. The number of aromatic nitrogens is 2. The molecule has 1 unspecified atom stereocenters. The molecule has 5 aromatic rings. The van der Waals surface area contributed by atoms with Gasteiger partial charge in [-0.15, -0.1) is 0 Å². The number of benzene rings is 3. The molecule has 2 N–H and O–H groups in total. The largest absolute Gasteiger partial charge is 0.481 e. The zero-order valence-corrected chi connectivity index (χ0v) is 24.1. The Hall–Kier alpha value is -4.49. The van der Waals surface area contributed by atoms with E-state index in [2.05, 4.69) is 21.8 Å². The zero-order valence-electron chi connectivity index (χ0n) is 23.3. The quantitative estimate of drug-likeness (QED) is 0.155. The molecule has 0 saturated heterocycles. The minimum absolute atomic E-state index is 0.0628. The first-order valence-corrected chi connectivity index (χ1v) is 14.5. The Labute approximate surface area is 249 Å². The highest BCUT2D eigenvalue weighted by Gasteiger charge is 2.25. The van der Waals surface area contributed by atoms with E-state index in [0.29, 0.717) is 35.7 Å². The van der Waals surface area contributed by atoms with Crippen LogP contribution in [0.5, 0.6) is 0 Å². The second-order valence-corrected chi connectivity index (χ2v) is 10.9. The SMILES string of the molecule is CCCC(Cc1ccc(C(=O)NCCC(=O)O)cc1)C(=O)c1cc2cc(Cl)ccc2n1Cc1cccc2cccnc12. The number of nitrogens with zero attached hydrogens (tertiary/aromatic N) is 2. The lowest BCUT2D eigenvalue weighted by Gasteiger charge is -2.18. The molecule has 0 fully saturated rings. The van der Waals surface area contributed by atoms with E-state index in [0.717, 1.165) is 39.4 Å². The summed E-state index contributed by atoms with van der Waals surface area (Å²) in [4.78, 5) is 41.9. The summed E-state index contributed by atoms with van der Waals surface area (Å²) in [5.41, 5.74) is 4.90. The molecular formula is C34H32ClN3O4. The number of carbonyl (C=O) groups excluding carboxylic acids is 2. The number of carbonyl (C=O) groups is 3. The number of amides is 1. The fraction of sp³-hybridized carbons (Fsp3) is 0.235. The number of hydrogen-bond donors (Lipinski definition) is 2. The Morgan fingerprint density at radius 2 is 1.76 bits per heavy atom. The molecule has 2 heterocycles. The number of ketones is 1. The fourth-order valence-electron chi connectivity index (χ4n) is 5.43. The van der Waals surface area contributed by atoms with Crippen LogP contribution >= 0.6 is 11.6 Å². The van der Waals surface area contributed by atoms with Crippen LogP contribution in [0.4, 0.5) is 0 Å². The smallest absolute Gasteiger partial charge is 0.305 e. The number of fused-ring (bicyclic) bond motifs is 2. The molecule has 0 aliphatic rings. The molecule has 7 nitrogen and oxygen atoms in total. The van der Waals surface area contributed by atoms with Gasteiger partial charge in [-0.2, -0.15) is 0 Å². The van der Waals surface area contributed by atoms with Crippen molar-refractivity contribution in [2.45, 2.75) is 39.2 Å². The number of nitrogens with one attached hydrogen (secondary N) is 1. The second kappa shape index (κ2) is 13.0. The van der Waals surface area contributed by atoms with Gasteiger partial charge in [0.25, 0.3) is 5.91 Å². The maximum atomic E-state index is 14.2.